The van der Waals surface area contributed by atoms with Crippen LogP contribution in [0.1, 0.15) is 76.5 Å². The molecular formula is C21H30O3. The third-order valence-electron chi connectivity index (χ3n) is 8.13. The zero-order chi connectivity index (χ0) is 17.1. The molecule has 0 spiro atoms. The number of hydrogen-bond acceptors (Lipinski definition) is 2. The van der Waals surface area contributed by atoms with E-state index in [2.05, 4.69) is 26.8 Å². The van der Waals surface area contributed by atoms with E-state index in [1.54, 1.807) is 0 Å². The topological polar surface area (TPSA) is 50.4 Å². The Kier molecular flexibility index (Phi) is 3.63. The van der Waals surface area contributed by atoms with E-state index in [1.807, 2.05) is 6.26 Å². The summed E-state index contributed by atoms with van der Waals surface area (Å²) < 4.78 is 5.82. The number of hydrogen-bond donors (Lipinski definition) is 1. The van der Waals surface area contributed by atoms with Gasteiger partial charge < -0.3 is 9.52 Å². The predicted octanol–water partition coefficient (Wildman–Crippen LogP) is 5.25. The van der Waals surface area contributed by atoms with E-state index in [9.17, 15) is 9.90 Å². The number of rotatable bonds is 2. The highest BCUT2D eigenvalue weighted by atomic mass is 16.4. The van der Waals surface area contributed by atoms with Gasteiger partial charge in [0.15, 0.2) is 0 Å². The summed E-state index contributed by atoms with van der Waals surface area (Å²) in [6, 6.07) is 2.17. The summed E-state index contributed by atoms with van der Waals surface area (Å²) in [6.45, 7) is 7.08. The van der Waals surface area contributed by atoms with Crippen LogP contribution in [0.4, 0.5) is 0 Å². The largest absolute Gasteiger partial charge is 0.481 e. The van der Waals surface area contributed by atoms with Gasteiger partial charge in [0.25, 0.3) is 0 Å². The van der Waals surface area contributed by atoms with Gasteiger partial charge in [-0.3, -0.25) is 4.79 Å². The summed E-state index contributed by atoms with van der Waals surface area (Å²) in [4.78, 5) is 11.5. The molecule has 3 nitrogen and oxygen atoms in total. The lowest BCUT2D eigenvalue weighted by atomic mass is 9.43. The molecule has 0 aromatic carbocycles. The maximum absolute atomic E-state index is 11.5. The van der Waals surface area contributed by atoms with E-state index in [1.165, 1.54) is 37.0 Å². The van der Waals surface area contributed by atoms with E-state index in [0.717, 1.165) is 18.8 Å². The predicted molar refractivity (Wildman–Crippen MR) is 92.8 cm³/mol. The van der Waals surface area contributed by atoms with Crippen molar-refractivity contribution in [1.82, 2.24) is 0 Å². The normalized spacial score (nSPS) is 44.3. The van der Waals surface area contributed by atoms with Gasteiger partial charge in [-0.15, -0.1) is 0 Å². The van der Waals surface area contributed by atoms with Crippen molar-refractivity contribution in [1.29, 1.82) is 0 Å². The van der Waals surface area contributed by atoms with Gasteiger partial charge in [0.1, 0.15) is 5.76 Å². The second-order valence-corrected chi connectivity index (χ2v) is 9.28. The molecule has 2 saturated carbocycles. The van der Waals surface area contributed by atoms with Crippen LogP contribution in [-0.4, -0.2) is 11.1 Å². The second-order valence-electron chi connectivity index (χ2n) is 9.28. The Labute approximate surface area is 144 Å². The molecule has 4 rings (SSSR count). The molecule has 1 heterocycles. The summed E-state index contributed by atoms with van der Waals surface area (Å²) in [7, 11) is 0. The maximum atomic E-state index is 11.5. The van der Waals surface area contributed by atoms with Crippen LogP contribution in [0.15, 0.2) is 16.7 Å². The first-order chi connectivity index (χ1) is 11.3. The Morgan fingerprint density at radius 2 is 2.12 bits per heavy atom. The first-order valence-corrected chi connectivity index (χ1v) is 9.63. The number of carboxylic acid groups (broad SMARTS) is 1. The van der Waals surface area contributed by atoms with Crippen LogP contribution in [0.3, 0.4) is 0 Å². The second kappa shape index (κ2) is 5.37. The molecule has 3 aliphatic carbocycles. The standard InChI is InChI=1S/C21H30O3/c1-13-14-5-6-18-20(2,12-19(22)23)8-4-9-21(18,3)16(14)11-17-15(13)7-10-24-17/h7,10,13-14,16,18H,4-6,8-9,11-12H2,1-3H3,(H,22,23)/t13-,14+,16+,18+,20-,21-/m1/s1. The van der Waals surface area contributed by atoms with Crippen LogP contribution in [0.25, 0.3) is 0 Å². The van der Waals surface area contributed by atoms with Gasteiger partial charge in [-0.25, -0.2) is 0 Å². The number of carboxylic acids is 1. The van der Waals surface area contributed by atoms with Crippen molar-refractivity contribution in [3.8, 4) is 0 Å². The zero-order valence-electron chi connectivity index (χ0n) is 15.2. The van der Waals surface area contributed by atoms with Gasteiger partial charge in [-0.2, -0.15) is 0 Å². The molecule has 0 saturated heterocycles. The zero-order valence-corrected chi connectivity index (χ0v) is 15.2. The van der Waals surface area contributed by atoms with E-state index in [0.29, 0.717) is 24.2 Å². The summed E-state index contributed by atoms with van der Waals surface area (Å²) in [6.07, 6.45) is 9.15. The molecule has 0 unspecified atom stereocenters. The molecule has 0 bridgehead atoms. The van der Waals surface area contributed by atoms with Crippen LogP contribution in [-0.2, 0) is 11.2 Å². The lowest BCUT2D eigenvalue weighted by Gasteiger charge is -2.61. The van der Waals surface area contributed by atoms with Crippen LogP contribution in [0.2, 0.25) is 0 Å². The SMILES string of the molecule is C[C@H]1c2ccoc2C[C@H]2[C@H]1CC[C@H]1[C@@](C)(CC(=O)O)CCC[C@]21C. The van der Waals surface area contributed by atoms with Crippen LogP contribution in [0, 0.1) is 28.6 Å². The Morgan fingerprint density at radius 1 is 1.33 bits per heavy atom. The van der Waals surface area contributed by atoms with E-state index in [4.69, 9.17) is 4.42 Å². The summed E-state index contributed by atoms with van der Waals surface area (Å²) in [5.74, 6) is 3.02. The van der Waals surface area contributed by atoms with Crippen molar-refractivity contribution in [2.75, 3.05) is 0 Å². The highest BCUT2D eigenvalue weighted by molar-refractivity contribution is 5.67. The highest BCUT2D eigenvalue weighted by Crippen LogP contribution is 2.65. The Hall–Kier alpha value is -1.25. The Bertz CT molecular complexity index is 647. The summed E-state index contributed by atoms with van der Waals surface area (Å²) in [5, 5.41) is 9.47. The Morgan fingerprint density at radius 3 is 2.88 bits per heavy atom. The molecule has 132 valence electrons. The molecule has 24 heavy (non-hydrogen) atoms. The van der Waals surface area contributed by atoms with Gasteiger partial charge in [0.2, 0.25) is 0 Å². The van der Waals surface area contributed by atoms with Crippen LogP contribution in [0.5, 0.6) is 0 Å². The molecular weight excluding hydrogens is 300 g/mol. The first kappa shape index (κ1) is 16.2. The van der Waals surface area contributed by atoms with Gasteiger partial charge in [-0.05, 0) is 71.8 Å². The minimum Gasteiger partial charge on any atom is -0.481 e. The number of fused-ring (bicyclic) bond motifs is 4. The van der Waals surface area contributed by atoms with Gasteiger partial charge in [0, 0.05) is 6.42 Å². The lowest BCUT2D eigenvalue weighted by molar-refractivity contribution is -0.150. The molecule has 3 aliphatic rings. The fourth-order valence-corrected chi connectivity index (χ4v) is 7.08. The lowest BCUT2D eigenvalue weighted by Crippen LogP contribution is -2.55. The van der Waals surface area contributed by atoms with E-state index >= 15 is 0 Å². The average Bonchev–Trinajstić information content (AvgIpc) is 2.96. The van der Waals surface area contributed by atoms with Crippen LogP contribution < -0.4 is 0 Å². The minimum absolute atomic E-state index is 0.0452. The van der Waals surface area contributed by atoms with Crippen molar-refractivity contribution >= 4 is 5.97 Å². The summed E-state index contributed by atoms with van der Waals surface area (Å²) in [5.41, 5.74) is 1.63. The maximum Gasteiger partial charge on any atom is 0.303 e. The molecule has 1 N–H and O–H groups in total. The molecule has 1 aromatic heterocycles. The number of carbonyl (C=O) groups is 1. The first-order valence-electron chi connectivity index (χ1n) is 9.63. The van der Waals surface area contributed by atoms with Gasteiger partial charge >= 0.3 is 5.97 Å². The van der Waals surface area contributed by atoms with Crippen LogP contribution >= 0.6 is 0 Å². The van der Waals surface area contributed by atoms with E-state index < -0.39 is 5.97 Å². The molecule has 0 radical (unpaired) electrons. The van der Waals surface area contributed by atoms with Gasteiger partial charge in [0.05, 0.1) is 12.7 Å². The monoisotopic (exact) mass is 330 g/mol. The van der Waals surface area contributed by atoms with Crippen molar-refractivity contribution in [3.05, 3.63) is 23.7 Å². The molecule has 3 heteroatoms. The van der Waals surface area contributed by atoms with Crippen molar-refractivity contribution in [2.24, 2.45) is 28.6 Å². The molecule has 0 aliphatic heterocycles. The average molecular weight is 330 g/mol. The highest BCUT2D eigenvalue weighted by Gasteiger charge is 2.58. The third kappa shape index (κ3) is 2.19. The quantitative estimate of drug-likeness (QED) is 0.805. The molecule has 1 aromatic rings. The third-order valence-corrected chi connectivity index (χ3v) is 8.13. The number of aliphatic carboxylic acids is 1. The smallest absolute Gasteiger partial charge is 0.303 e. The fourth-order valence-electron chi connectivity index (χ4n) is 7.08. The molecule has 6 atom stereocenters. The number of furan rings is 1. The summed E-state index contributed by atoms with van der Waals surface area (Å²) >= 11 is 0. The van der Waals surface area contributed by atoms with Crippen molar-refractivity contribution in [3.63, 3.8) is 0 Å². The van der Waals surface area contributed by atoms with E-state index in [-0.39, 0.29) is 10.8 Å². The van der Waals surface area contributed by atoms with Gasteiger partial charge in [-0.1, -0.05) is 27.2 Å². The molecule has 0 amide bonds. The van der Waals surface area contributed by atoms with Crippen molar-refractivity contribution < 1.29 is 14.3 Å². The van der Waals surface area contributed by atoms with Crippen molar-refractivity contribution in [2.45, 2.75) is 71.6 Å². The minimum atomic E-state index is -0.630. The molecule has 2 fully saturated rings. The fraction of sp³-hybridized carbons (Fsp3) is 0.762. The Balaban J connectivity index is 1.71.